The molecule has 9 heteroatoms. The van der Waals surface area contributed by atoms with Gasteiger partial charge in [0.1, 0.15) is 11.9 Å². The van der Waals surface area contributed by atoms with Crippen LogP contribution in [0.3, 0.4) is 0 Å². The average Bonchev–Trinajstić information content (AvgIpc) is 3.14. The highest BCUT2D eigenvalue weighted by atomic mass is 19.1. The van der Waals surface area contributed by atoms with Crippen LogP contribution in [0.1, 0.15) is 31.1 Å². The summed E-state index contributed by atoms with van der Waals surface area (Å²) in [5.41, 5.74) is 6.68. The van der Waals surface area contributed by atoms with E-state index in [0.717, 1.165) is 18.9 Å². The summed E-state index contributed by atoms with van der Waals surface area (Å²) >= 11 is 0. The lowest BCUT2D eigenvalue weighted by atomic mass is 10.1. The van der Waals surface area contributed by atoms with Gasteiger partial charge in [0.05, 0.1) is 17.2 Å². The van der Waals surface area contributed by atoms with Gasteiger partial charge >= 0.3 is 0 Å². The molecule has 156 valence electrons. The number of aryl methyl sites for hydroxylation is 1. The molecular weight excluding hydrogens is 385 g/mol. The van der Waals surface area contributed by atoms with Crippen molar-refractivity contribution in [3.63, 3.8) is 0 Å². The third-order valence-electron chi connectivity index (χ3n) is 4.72. The number of halogens is 1. The Bertz CT molecular complexity index is 1040. The number of rotatable bonds is 8. The molecule has 3 aromatic rings. The molecule has 2 N–H and O–H groups in total. The minimum Gasteiger partial charge on any atom is -0.438 e. The number of aromatic nitrogens is 4. The first-order valence-electron chi connectivity index (χ1n) is 9.68. The second kappa shape index (κ2) is 9.33. The molecule has 1 aromatic carbocycles. The van der Waals surface area contributed by atoms with Gasteiger partial charge < -0.3 is 15.4 Å². The van der Waals surface area contributed by atoms with Gasteiger partial charge in [-0.3, -0.25) is 0 Å². The Morgan fingerprint density at radius 3 is 2.53 bits per heavy atom. The summed E-state index contributed by atoms with van der Waals surface area (Å²) in [6.07, 6.45) is 1.50. The van der Waals surface area contributed by atoms with Gasteiger partial charge in [-0.25, -0.2) is 19.0 Å². The first-order chi connectivity index (χ1) is 14.5. The number of ether oxygens (including phenoxy) is 1. The van der Waals surface area contributed by atoms with Crippen molar-refractivity contribution in [2.24, 2.45) is 12.8 Å². The summed E-state index contributed by atoms with van der Waals surface area (Å²) < 4.78 is 21.5. The maximum atomic E-state index is 13.8. The lowest BCUT2D eigenvalue weighted by Crippen LogP contribution is -2.22. The van der Waals surface area contributed by atoms with Crippen LogP contribution in [-0.2, 0) is 7.05 Å². The summed E-state index contributed by atoms with van der Waals surface area (Å²) in [7, 11) is 1.79. The molecule has 2 heterocycles. The number of hydrogen-bond acceptors (Lipinski definition) is 7. The SMILES string of the molecule is CCN(CC)c1cc(Oc2cc(C#N)ccc2-c2ncc(C(F)CN)cn2)n(C)n1. The normalized spacial score (nSPS) is 11.7. The zero-order valence-corrected chi connectivity index (χ0v) is 17.2. The smallest absolute Gasteiger partial charge is 0.219 e. The lowest BCUT2D eigenvalue weighted by Gasteiger charge is -2.16. The van der Waals surface area contributed by atoms with E-state index in [-0.39, 0.29) is 6.54 Å². The molecule has 0 aliphatic carbocycles. The van der Waals surface area contributed by atoms with Gasteiger partial charge in [-0.05, 0) is 32.0 Å². The van der Waals surface area contributed by atoms with Gasteiger partial charge in [-0.2, -0.15) is 10.4 Å². The molecule has 0 aliphatic heterocycles. The molecule has 0 radical (unpaired) electrons. The molecule has 1 atom stereocenters. The minimum absolute atomic E-state index is 0.136. The van der Waals surface area contributed by atoms with Crippen LogP contribution in [0.2, 0.25) is 0 Å². The molecule has 1 unspecified atom stereocenters. The zero-order valence-electron chi connectivity index (χ0n) is 17.2. The number of alkyl halides is 1. The first kappa shape index (κ1) is 21.2. The van der Waals surface area contributed by atoms with E-state index >= 15 is 0 Å². The van der Waals surface area contributed by atoms with Crippen LogP contribution in [0, 0.1) is 11.3 Å². The van der Waals surface area contributed by atoms with E-state index in [4.69, 9.17) is 10.5 Å². The van der Waals surface area contributed by atoms with Crippen molar-refractivity contribution in [3.8, 4) is 29.1 Å². The van der Waals surface area contributed by atoms with Gasteiger partial charge in [0.2, 0.25) is 5.88 Å². The Hall–Kier alpha value is -3.51. The molecule has 0 bridgehead atoms. The molecule has 0 fully saturated rings. The molecule has 8 nitrogen and oxygen atoms in total. The number of hydrogen-bond donors (Lipinski definition) is 1. The molecule has 0 amide bonds. The van der Waals surface area contributed by atoms with E-state index in [1.807, 2.05) is 6.07 Å². The summed E-state index contributed by atoms with van der Waals surface area (Å²) in [5.74, 6) is 2.07. The fourth-order valence-corrected chi connectivity index (χ4v) is 2.98. The maximum absolute atomic E-state index is 13.8. The average molecular weight is 409 g/mol. The standard InChI is InChI=1S/C21H24FN7O/c1-4-29(5-2)19-9-20(28(3)27-19)30-18-8-14(10-23)6-7-16(18)21-25-12-15(13-26-21)17(22)11-24/h6-9,12-13,17H,4-5,11,24H2,1-3H3. The Kier molecular flexibility index (Phi) is 6.59. The van der Waals surface area contributed by atoms with E-state index in [2.05, 4.69) is 39.9 Å². The van der Waals surface area contributed by atoms with Crippen molar-refractivity contribution in [1.82, 2.24) is 19.7 Å². The summed E-state index contributed by atoms with van der Waals surface area (Å²) in [6, 6.07) is 8.93. The third kappa shape index (κ3) is 4.39. The predicted octanol–water partition coefficient (Wildman–Crippen LogP) is 3.36. The van der Waals surface area contributed by atoms with Crippen molar-refractivity contribution >= 4 is 5.82 Å². The summed E-state index contributed by atoms with van der Waals surface area (Å²) in [4.78, 5) is 10.6. The molecule has 0 saturated carbocycles. The van der Waals surface area contributed by atoms with Crippen LogP contribution in [0.5, 0.6) is 11.6 Å². The van der Waals surface area contributed by atoms with E-state index in [9.17, 15) is 9.65 Å². The number of nitriles is 1. The van der Waals surface area contributed by atoms with Crippen molar-refractivity contribution in [2.45, 2.75) is 20.0 Å². The fourth-order valence-electron chi connectivity index (χ4n) is 2.98. The quantitative estimate of drug-likeness (QED) is 0.608. The highest BCUT2D eigenvalue weighted by molar-refractivity contribution is 5.66. The van der Waals surface area contributed by atoms with Crippen molar-refractivity contribution in [3.05, 3.63) is 47.8 Å². The second-order valence-electron chi connectivity index (χ2n) is 6.60. The summed E-state index contributed by atoms with van der Waals surface area (Å²) in [6.45, 7) is 5.62. The molecular formula is C21H24FN7O. The monoisotopic (exact) mass is 409 g/mol. The highest BCUT2D eigenvalue weighted by Crippen LogP contribution is 2.34. The third-order valence-corrected chi connectivity index (χ3v) is 4.72. The fraction of sp³-hybridized carbons (Fsp3) is 0.333. The second-order valence-corrected chi connectivity index (χ2v) is 6.60. The first-order valence-corrected chi connectivity index (χ1v) is 9.68. The van der Waals surface area contributed by atoms with E-state index in [0.29, 0.717) is 34.1 Å². The van der Waals surface area contributed by atoms with Crippen LogP contribution < -0.4 is 15.4 Å². The Morgan fingerprint density at radius 2 is 1.93 bits per heavy atom. The molecule has 0 aliphatic rings. The predicted molar refractivity (Wildman–Crippen MR) is 112 cm³/mol. The number of nitrogens with zero attached hydrogens (tertiary/aromatic N) is 6. The molecule has 0 saturated heterocycles. The van der Waals surface area contributed by atoms with Crippen molar-refractivity contribution < 1.29 is 9.13 Å². The molecule has 2 aromatic heterocycles. The highest BCUT2D eigenvalue weighted by Gasteiger charge is 2.17. The Labute approximate surface area is 174 Å². The zero-order chi connectivity index (χ0) is 21.7. The molecule has 0 spiro atoms. The van der Waals surface area contributed by atoms with Crippen LogP contribution in [-0.4, -0.2) is 39.4 Å². The van der Waals surface area contributed by atoms with Gasteiger partial charge in [0, 0.05) is 50.7 Å². The van der Waals surface area contributed by atoms with Gasteiger partial charge in [-0.1, -0.05) is 0 Å². The van der Waals surface area contributed by atoms with Crippen molar-refractivity contribution in [1.29, 1.82) is 5.26 Å². The largest absolute Gasteiger partial charge is 0.438 e. The molecule has 30 heavy (non-hydrogen) atoms. The summed E-state index contributed by atoms with van der Waals surface area (Å²) in [5, 5.41) is 13.8. The van der Waals surface area contributed by atoms with Crippen LogP contribution in [0.4, 0.5) is 10.2 Å². The van der Waals surface area contributed by atoms with Crippen LogP contribution in [0.25, 0.3) is 11.4 Å². The Balaban J connectivity index is 1.98. The van der Waals surface area contributed by atoms with Gasteiger partial charge in [-0.15, -0.1) is 0 Å². The maximum Gasteiger partial charge on any atom is 0.219 e. The van der Waals surface area contributed by atoms with Crippen LogP contribution >= 0.6 is 0 Å². The molecule has 3 rings (SSSR count). The number of anilines is 1. The van der Waals surface area contributed by atoms with Gasteiger partial charge in [0.15, 0.2) is 11.6 Å². The lowest BCUT2D eigenvalue weighted by molar-refractivity contribution is 0.351. The van der Waals surface area contributed by atoms with E-state index in [1.165, 1.54) is 12.4 Å². The number of nitrogens with two attached hydrogens (primary N) is 1. The van der Waals surface area contributed by atoms with E-state index < -0.39 is 6.17 Å². The number of benzene rings is 1. The van der Waals surface area contributed by atoms with E-state index in [1.54, 1.807) is 29.9 Å². The van der Waals surface area contributed by atoms with Gasteiger partial charge in [0.25, 0.3) is 0 Å². The minimum atomic E-state index is -1.32. The van der Waals surface area contributed by atoms with Crippen LogP contribution in [0.15, 0.2) is 36.7 Å². The van der Waals surface area contributed by atoms with Crippen molar-refractivity contribution in [2.75, 3.05) is 24.5 Å². The Morgan fingerprint density at radius 1 is 1.23 bits per heavy atom. The topological polar surface area (TPSA) is 106 Å².